The zero-order chi connectivity index (χ0) is 31.1. The third-order valence-electron chi connectivity index (χ3n) is 8.88. The van der Waals surface area contributed by atoms with Crippen LogP contribution in [0.1, 0.15) is 55.7 Å². The summed E-state index contributed by atoms with van der Waals surface area (Å²) in [5.41, 5.74) is 2.27. The van der Waals surface area contributed by atoms with Crippen LogP contribution in [0.3, 0.4) is 0 Å². The van der Waals surface area contributed by atoms with Gasteiger partial charge in [0.1, 0.15) is 5.54 Å². The second-order valence-corrected chi connectivity index (χ2v) is 16.9. The fourth-order valence-electron chi connectivity index (χ4n) is 6.15. The lowest BCUT2D eigenvalue weighted by Gasteiger charge is -2.31. The van der Waals surface area contributed by atoms with Crippen LogP contribution in [0.25, 0.3) is 10.4 Å². The van der Waals surface area contributed by atoms with Crippen LogP contribution in [0.5, 0.6) is 0 Å². The zero-order valence-electron chi connectivity index (χ0n) is 24.5. The predicted molar refractivity (Wildman–Crippen MR) is 171 cm³/mol. The van der Waals surface area contributed by atoms with Crippen molar-refractivity contribution in [3.8, 4) is 16.5 Å². The molecule has 0 spiro atoms. The van der Waals surface area contributed by atoms with Crippen molar-refractivity contribution < 1.29 is 21.6 Å². The summed E-state index contributed by atoms with van der Waals surface area (Å²) in [6.07, 6.45) is 4.48. The molecule has 6 rings (SSSR count). The molecule has 2 atom stereocenters. The summed E-state index contributed by atoms with van der Waals surface area (Å²) in [6, 6.07) is 16.8. The number of carbonyl (C=O) groups is 1. The molecule has 1 aromatic heterocycles. The molecular weight excluding hydrogens is 619 g/mol. The molecule has 3 fully saturated rings. The Morgan fingerprint density at radius 1 is 1.07 bits per heavy atom. The van der Waals surface area contributed by atoms with Crippen LogP contribution in [0.2, 0.25) is 0 Å². The first-order valence-corrected chi connectivity index (χ1v) is 19.0. The maximum absolute atomic E-state index is 13.5. The van der Waals surface area contributed by atoms with Crippen LogP contribution in [0.15, 0.2) is 53.4 Å². The van der Waals surface area contributed by atoms with Crippen LogP contribution in [-0.2, 0) is 24.7 Å². The van der Waals surface area contributed by atoms with Crippen molar-refractivity contribution in [2.24, 2.45) is 5.92 Å². The number of hydrogen-bond acceptors (Lipinski definition) is 9. The van der Waals surface area contributed by atoms with Crippen molar-refractivity contribution in [2.45, 2.75) is 61.8 Å². The second-order valence-electron chi connectivity index (χ2n) is 12.0. The second kappa shape index (κ2) is 11.8. The highest BCUT2D eigenvalue weighted by molar-refractivity contribution is 7.93. The molecule has 232 valence electrons. The molecule has 0 bridgehead atoms. The standard InChI is InChI=1S/C31H35N5O5S3/c1-21-6-2-5-9-26(21)44(40,41)35-30-33-27(24-7-3-4-8-25(24)29(37)34-31(20-32)14-15-31)28(42-30)22-10-12-23(13-11-22)36-16-18-43(38,39)19-17-36/h2,5-6,9-13,24-25H,3-4,7-8,14-19H2,1H3,(H,33,35)(H,34,37)/t24-,25-/m1/s1. The number of anilines is 2. The quantitative estimate of drug-likeness (QED) is 0.358. The topological polar surface area (TPSA) is 149 Å². The maximum Gasteiger partial charge on any atom is 0.263 e. The molecule has 0 radical (unpaired) electrons. The SMILES string of the molecule is Cc1ccccc1S(=O)(=O)Nc1nc([C@@H]2CCCC[C@H]2C(=O)NC2(C#N)CC2)c(-c2ccc(N3CCS(=O)(=O)CC3)cc2)s1. The van der Waals surface area contributed by atoms with Crippen molar-refractivity contribution in [2.75, 3.05) is 34.2 Å². The minimum Gasteiger partial charge on any atom is -0.369 e. The highest BCUT2D eigenvalue weighted by atomic mass is 32.2. The number of aryl methyl sites for hydroxylation is 1. The van der Waals surface area contributed by atoms with E-state index in [0.717, 1.165) is 35.4 Å². The largest absolute Gasteiger partial charge is 0.369 e. The Balaban J connectivity index is 1.35. The molecule has 44 heavy (non-hydrogen) atoms. The maximum atomic E-state index is 13.5. The van der Waals surface area contributed by atoms with Crippen molar-refractivity contribution in [1.29, 1.82) is 5.26 Å². The van der Waals surface area contributed by atoms with Crippen molar-refractivity contribution in [3.63, 3.8) is 0 Å². The Labute approximate surface area is 262 Å². The summed E-state index contributed by atoms with van der Waals surface area (Å²) in [6.45, 7) is 2.61. The smallest absolute Gasteiger partial charge is 0.263 e. The first kappa shape index (κ1) is 30.6. The van der Waals surface area contributed by atoms with Gasteiger partial charge in [0.25, 0.3) is 10.0 Å². The molecule has 2 saturated carbocycles. The summed E-state index contributed by atoms with van der Waals surface area (Å²) < 4.78 is 53.3. The van der Waals surface area contributed by atoms with E-state index >= 15 is 0 Å². The third kappa shape index (κ3) is 6.34. The molecule has 3 aromatic rings. The van der Waals surface area contributed by atoms with E-state index in [1.807, 2.05) is 29.2 Å². The number of sulfonamides is 1. The van der Waals surface area contributed by atoms with Crippen LogP contribution in [0, 0.1) is 24.2 Å². The Bertz CT molecular complexity index is 1810. The van der Waals surface area contributed by atoms with E-state index in [9.17, 15) is 26.9 Å². The first-order chi connectivity index (χ1) is 21.0. The lowest BCUT2D eigenvalue weighted by molar-refractivity contribution is -0.127. The summed E-state index contributed by atoms with van der Waals surface area (Å²) in [5.74, 6) is -0.531. The zero-order valence-corrected chi connectivity index (χ0v) is 26.9. The van der Waals surface area contributed by atoms with E-state index < -0.39 is 25.4 Å². The van der Waals surface area contributed by atoms with Gasteiger partial charge in [-0.05, 0) is 61.9 Å². The molecule has 13 heteroatoms. The van der Waals surface area contributed by atoms with Gasteiger partial charge in [-0.1, -0.05) is 54.5 Å². The molecule has 1 saturated heterocycles. The number of thiazole rings is 1. The van der Waals surface area contributed by atoms with Gasteiger partial charge in [0.2, 0.25) is 5.91 Å². The number of nitrogens with one attached hydrogen (secondary N) is 2. The number of rotatable bonds is 8. The van der Waals surface area contributed by atoms with Crippen LogP contribution in [-0.4, -0.2) is 57.9 Å². The first-order valence-electron chi connectivity index (χ1n) is 14.9. The van der Waals surface area contributed by atoms with Gasteiger partial charge in [-0.15, -0.1) is 0 Å². The summed E-state index contributed by atoms with van der Waals surface area (Å²) in [5, 5.41) is 12.8. The van der Waals surface area contributed by atoms with E-state index in [0.29, 0.717) is 43.6 Å². The summed E-state index contributed by atoms with van der Waals surface area (Å²) in [7, 11) is -6.92. The average Bonchev–Trinajstić information content (AvgIpc) is 3.66. The number of benzene rings is 2. The Hall–Kier alpha value is -3.47. The minimum atomic E-state index is -3.91. The van der Waals surface area contributed by atoms with Crippen molar-refractivity contribution in [1.82, 2.24) is 10.3 Å². The van der Waals surface area contributed by atoms with Gasteiger partial charge in [-0.2, -0.15) is 5.26 Å². The number of hydrogen-bond donors (Lipinski definition) is 2. The van der Waals surface area contributed by atoms with E-state index in [4.69, 9.17) is 4.98 Å². The van der Waals surface area contributed by atoms with E-state index in [2.05, 4.69) is 16.1 Å². The van der Waals surface area contributed by atoms with Crippen LogP contribution >= 0.6 is 11.3 Å². The number of nitriles is 1. The number of aromatic nitrogens is 1. The lowest BCUT2D eigenvalue weighted by atomic mass is 9.76. The molecule has 10 nitrogen and oxygen atoms in total. The fourth-order valence-corrected chi connectivity index (χ4v) is 9.87. The van der Waals surface area contributed by atoms with Gasteiger partial charge in [0.15, 0.2) is 15.0 Å². The monoisotopic (exact) mass is 653 g/mol. The molecule has 0 unspecified atom stereocenters. The number of carbonyl (C=O) groups excluding carboxylic acids is 1. The van der Waals surface area contributed by atoms with Crippen molar-refractivity contribution >= 4 is 47.9 Å². The van der Waals surface area contributed by atoms with Crippen LogP contribution in [0.4, 0.5) is 10.8 Å². The van der Waals surface area contributed by atoms with Gasteiger partial charge in [0.05, 0.1) is 33.0 Å². The van der Waals surface area contributed by atoms with Gasteiger partial charge in [-0.25, -0.2) is 21.8 Å². The number of sulfone groups is 1. The van der Waals surface area contributed by atoms with Gasteiger partial charge >= 0.3 is 0 Å². The average molecular weight is 654 g/mol. The van der Waals surface area contributed by atoms with Gasteiger partial charge in [0, 0.05) is 30.6 Å². The van der Waals surface area contributed by atoms with E-state index in [1.54, 1.807) is 31.2 Å². The molecule has 2 aromatic carbocycles. The number of amides is 1. The highest BCUT2D eigenvalue weighted by Gasteiger charge is 2.47. The number of nitrogens with zero attached hydrogens (tertiary/aromatic N) is 3. The summed E-state index contributed by atoms with van der Waals surface area (Å²) in [4.78, 5) is 21.4. The molecule has 1 amide bonds. The highest BCUT2D eigenvalue weighted by Crippen LogP contribution is 2.46. The molecule has 3 aliphatic rings. The lowest BCUT2D eigenvalue weighted by Crippen LogP contribution is -2.42. The summed E-state index contributed by atoms with van der Waals surface area (Å²) >= 11 is 1.24. The molecule has 1 aliphatic heterocycles. The Morgan fingerprint density at radius 3 is 2.41 bits per heavy atom. The third-order valence-corrected chi connectivity index (χ3v) is 13.2. The van der Waals surface area contributed by atoms with Gasteiger partial charge in [-0.3, -0.25) is 9.52 Å². The normalized spacial score (nSPS) is 22.5. The Kier molecular flexibility index (Phi) is 8.19. The Morgan fingerprint density at radius 2 is 1.75 bits per heavy atom. The van der Waals surface area contributed by atoms with E-state index in [-0.39, 0.29) is 39.3 Å². The van der Waals surface area contributed by atoms with Gasteiger partial charge < -0.3 is 10.2 Å². The predicted octanol–water partition coefficient (Wildman–Crippen LogP) is 4.60. The molecule has 2 heterocycles. The molecule has 2 N–H and O–H groups in total. The molecule has 2 aliphatic carbocycles. The van der Waals surface area contributed by atoms with E-state index in [1.165, 1.54) is 11.3 Å². The fraction of sp³-hybridized carbons (Fsp3) is 0.452. The minimum absolute atomic E-state index is 0.121. The molecular formula is C31H35N5O5S3. The van der Waals surface area contributed by atoms with Crippen molar-refractivity contribution in [3.05, 3.63) is 59.8 Å². The van der Waals surface area contributed by atoms with Crippen LogP contribution < -0.4 is 14.9 Å².